The highest BCUT2D eigenvalue weighted by atomic mass is 32.1. The second-order valence-electron chi connectivity index (χ2n) is 6.15. The number of hydrogen-bond donors (Lipinski definition) is 2. The molecule has 7 heteroatoms. The lowest BCUT2D eigenvalue weighted by Gasteiger charge is -2.04. The Balaban J connectivity index is 1.68. The van der Waals surface area contributed by atoms with Crippen molar-refractivity contribution < 1.29 is 14.0 Å². The maximum Gasteiger partial charge on any atom is 0.250 e. The number of nitrogens with zero attached hydrogens (tertiary/aromatic N) is 1. The van der Waals surface area contributed by atoms with Crippen LogP contribution in [0.25, 0.3) is 17.3 Å². The predicted molar refractivity (Wildman–Crippen MR) is 111 cm³/mol. The fraction of sp³-hybridized carbons (Fsp3) is 0.0952. The van der Waals surface area contributed by atoms with Gasteiger partial charge in [-0.2, -0.15) is 0 Å². The third-order valence-corrected chi connectivity index (χ3v) is 4.53. The molecule has 0 radical (unpaired) electrons. The lowest BCUT2D eigenvalue weighted by Crippen LogP contribution is -2.07. The maximum absolute atomic E-state index is 14.3. The number of nitrogens with one attached hydrogen (secondary N) is 2. The highest BCUT2D eigenvalue weighted by Gasteiger charge is 2.11. The molecular weight excluding hydrogens is 377 g/mol. The average molecular weight is 395 g/mol. The number of amides is 2. The van der Waals surface area contributed by atoms with E-state index >= 15 is 0 Å². The minimum Gasteiger partial charge on any atom is -0.326 e. The lowest BCUT2D eigenvalue weighted by atomic mass is 10.1. The van der Waals surface area contributed by atoms with Crippen LogP contribution in [0.3, 0.4) is 0 Å². The molecule has 3 aromatic rings. The topological polar surface area (TPSA) is 71.1 Å². The van der Waals surface area contributed by atoms with Crippen molar-refractivity contribution in [2.45, 2.75) is 13.8 Å². The van der Waals surface area contributed by atoms with Crippen LogP contribution in [-0.4, -0.2) is 16.8 Å². The summed E-state index contributed by atoms with van der Waals surface area (Å²) >= 11 is 1.21. The molecule has 0 spiro atoms. The van der Waals surface area contributed by atoms with Crippen LogP contribution in [0.5, 0.6) is 0 Å². The van der Waals surface area contributed by atoms with Crippen LogP contribution in [0, 0.1) is 12.7 Å². The molecule has 0 saturated heterocycles. The van der Waals surface area contributed by atoms with Crippen molar-refractivity contribution in [1.82, 2.24) is 4.98 Å². The molecule has 0 atom stereocenters. The molecule has 0 aliphatic heterocycles. The van der Waals surface area contributed by atoms with E-state index in [4.69, 9.17) is 0 Å². The summed E-state index contributed by atoms with van der Waals surface area (Å²) in [5, 5.41) is 7.24. The number of aryl methyl sites for hydroxylation is 1. The van der Waals surface area contributed by atoms with Gasteiger partial charge in [-0.1, -0.05) is 29.8 Å². The van der Waals surface area contributed by atoms with Gasteiger partial charge in [0.25, 0.3) is 0 Å². The monoisotopic (exact) mass is 395 g/mol. The number of benzene rings is 2. The number of aromatic nitrogens is 1. The van der Waals surface area contributed by atoms with Gasteiger partial charge in [-0.3, -0.25) is 14.9 Å². The Bertz CT molecular complexity index is 1060. The van der Waals surface area contributed by atoms with Crippen LogP contribution in [0.15, 0.2) is 53.9 Å². The number of carbonyl (C=O) groups excluding carboxylic acids is 2. The van der Waals surface area contributed by atoms with E-state index in [2.05, 4.69) is 15.6 Å². The van der Waals surface area contributed by atoms with Gasteiger partial charge in [0.05, 0.1) is 5.69 Å². The zero-order valence-electron chi connectivity index (χ0n) is 15.3. The molecule has 0 unspecified atom stereocenters. The zero-order chi connectivity index (χ0) is 20.1. The summed E-state index contributed by atoms with van der Waals surface area (Å²) in [6.07, 6.45) is 3.15. The van der Waals surface area contributed by atoms with E-state index in [1.807, 2.05) is 31.2 Å². The Morgan fingerprint density at radius 1 is 1.14 bits per heavy atom. The van der Waals surface area contributed by atoms with Crippen LogP contribution in [0.2, 0.25) is 0 Å². The summed E-state index contributed by atoms with van der Waals surface area (Å²) in [7, 11) is 0. The Hall–Kier alpha value is -3.32. The highest BCUT2D eigenvalue weighted by Crippen LogP contribution is 2.28. The van der Waals surface area contributed by atoms with Crippen molar-refractivity contribution >= 4 is 40.0 Å². The maximum atomic E-state index is 14.3. The van der Waals surface area contributed by atoms with Crippen LogP contribution in [0.4, 0.5) is 15.2 Å². The van der Waals surface area contributed by atoms with E-state index in [1.54, 1.807) is 23.6 Å². The van der Waals surface area contributed by atoms with E-state index in [0.717, 1.165) is 11.1 Å². The van der Waals surface area contributed by atoms with Gasteiger partial charge in [0.2, 0.25) is 11.8 Å². The number of rotatable bonds is 5. The van der Waals surface area contributed by atoms with Gasteiger partial charge in [0.1, 0.15) is 5.82 Å². The summed E-state index contributed by atoms with van der Waals surface area (Å²) in [6, 6.07) is 12.2. The van der Waals surface area contributed by atoms with Gasteiger partial charge in [0.15, 0.2) is 5.13 Å². The van der Waals surface area contributed by atoms with Gasteiger partial charge in [0, 0.05) is 29.6 Å². The molecule has 142 valence electrons. The van der Waals surface area contributed by atoms with Gasteiger partial charge in [-0.25, -0.2) is 9.37 Å². The Morgan fingerprint density at radius 3 is 2.68 bits per heavy atom. The fourth-order valence-corrected chi connectivity index (χ4v) is 3.26. The smallest absolute Gasteiger partial charge is 0.250 e. The molecule has 0 bridgehead atoms. The summed E-state index contributed by atoms with van der Waals surface area (Å²) in [4.78, 5) is 27.4. The van der Waals surface area contributed by atoms with Crippen molar-refractivity contribution in [1.29, 1.82) is 0 Å². The summed E-state index contributed by atoms with van der Waals surface area (Å²) in [5.74, 6) is -1.10. The minimum absolute atomic E-state index is 0.274. The number of halogens is 1. The van der Waals surface area contributed by atoms with Crippen molar-refractivity contribution in [3.05, 3.63) is 70.9 Å². The molecular formula is C21H18FN3O2S. The second kappa shape index (κ2) is 8.58. The molecule has 2 N–H and O–H groups in total. The lowest BCUT2D eigenvalue weighted by molar-refractivity contribution is -0.114. The van der Waals surface area contributed by atoms with Crippen LogP contribution in [-0.2, 0) is 9.59 Å². The number of thiazole rings is 1. The van der Waals surface area contributed by atoms with Crippen molar-refractivity contribution in [3.8, 4) is 11.3 Å². The summed E-state index contributed by atoms with van der Waals surface area (Å²) in [6.45, 7) is 3.34. The van der Waals surface area contributed by atoms with Gasteiger partial charge < -0.3 is 5.32 Å². The Kier molecular flexibility index (Phi) is 5.96. The molecule has 5 nitrogen and oxygen atoms in total. The van der Waals surface area contributed by atoms with Gasteiger partial charge in [-0.05, 0) is 36.8 Å². The van der Waals surface area contributed by atoms with E-state index in [0.29, 0.717) is 22.1 Å². The van der Waals surface area contributed by atoms with Crippen molar-refractivity contribution in [3.63, 3.8) is 0 Å². The minimum atomic E-state index is -0.506. The van der Waals surface area contributed by atoms with Gasteiger partial charge in [-0.15, -0.1) is 11.3 Å². The third-order valence-electron chi connectivity index (χ3n) is 3.77. The molecule has 1 aromatic heterocycles. The van der Waals surface area contributed by atoms with Crippen molar-refractivity contribution in [2.75, 3.05) is 10.6 Å². The number of carbonyl (C=O) groups is 2. The van der Waals surface area contributed by atoms with E-state index < -0.39 is 5.82 Å². The molecule has 0 fully saturated rings. The second-order valence-corrected chi connectivity index (χ2v) is 7.01. The van der Waals surface area contributed by atoms with E-state index in [9.17, 15) is 14.0 Å². The fourth-order valence-electron chi connectivity index (χ4n) is 2.55. The average Bonchev–Trinajstić information content (AvgIpc) is 3.08. The number of hydrogen-bond acceptors (Lipinski definition) is 4. The standard InChI is InChI=1S/C21H18FN3O2S/c1-13-4-3-5-15(10-13)6-9-20(27)25-21-24-19(12-28-21)17-8-7-16(11-18(17)22)23-14(2)26/h3-12H,1-2H3,(H,23,26)(H,24,25,27)/b9-6+. The Morgan fingerprint density at radius 2 is 1.96 bits per heavy atom. The first-order chi connectivity index (χ1) is 13.4. The van der Waals surface area contributed by atoms with Crippen LogP contribution >= 0.6 is 11.3 Å². The highest BCUT2D eigenvalue weighted by molar-refractivity contribution is 7.14. The first-order valence-corrected chi connectivity index (χ1v) is 9.37. The Labute approximate surface area is 165 Å². The summed E-state index contributed by atoms with van der Waals surface area (Å²) in [5.41, 5.74) is 3.12. The number of anilines is 2. The normalized spacial score (nSPS) is 10.8. The van der Waals surface area contributed by atoms with Crippen molar-refractivity contribution in [2.24, 2.45) is 0 Å². The molecule has 0 aliphatic rings. The zero-order valence-corrected chi connectivity index (χ0v) is 16.1. The van der Waals surface area contributed by atoms with E-state index in [-0.39, 0.29) is 11.8 Å². The quantitative estimate of drug-likeness (QED) is 0.606. The SMILES string of the molecule is CC(=O)Nc1ccc(-c2csc(NC(=O)/C=C/c3cccc(C)c3)n2)c(F)c1. The van der Waals surface area contributed by atoms with E-state index in [1.165, 1.54) is 30.4 Å². The molecule has 3 rings (SSSR count). The molecule has 2 aromatic carbocycles. The molecule has 2 amide bonds. The largest absolute Gasteiger partial charge is 0.326 e. The molecule has 0 aliphatic carbocycles. The first-order valence-electron chi connectivity index (χ1n) is 8.49. The first kappa shape index (κ1) is 19.4. The molecule has 28 heavy (non-hydrogen) atoms. The summed E-state index contributed by atoms with van der Waals surface area (Å²) < 4.78 is 14.3. The third kappa shape index (κ3) is 5.11. The molecule has 1 heterocycles. The molecule has 0 saturated carbocycles. The van der Waals surface area contributed by atoms with Crippen LogP contribution in [0.1, 0.15) is 18.1 Å². The predicted octanol–water partition coefficient (Wildman–Crippen LogP) is 4.87. The van der Waals surface area contributed by atoms with Crippen LogP contribution < -0.4 is 10.6 Å². The van der Waals surface area contributed by atoms with Gasteiger partial charge >= 0.3 is 0 Å².